The van der Waals surface area contributed by atoms with Crippen LogP contribution >= 0.6 is 0 Å². The van der Waals surface area contributed by atoms with Crippen molar-refractivity contribution in [2.24, 2.45) is 0 Å². The second kappa shape index (κ2) is 8.21. The molecule has 0 radical (unpaired) electrons. The summed E-state index contributed by atoms with van der Waals surface area (Å²) in [5.41, 5.74) is 2.15. The van der Waals surface area contributed by atoms with Gasteiger partial charge in [0.25, 0.3) is 0 Å². The number of fused-ring (bicyclic) bond motifs is 1. The highest BCUT2D eigenvalue weighted by atomic mass is 19.1. The van der Waals surface area contributed by atoms with E-state index in [1.165, 1.54) is 30.5 Å². The van der Waals surface area contributed by atoms with Crippen LogP contribution < -0.4 is 14.8 Å². The Bertz CT molecular complexity index is 828. The van der Waals surface area contributed by atoms with Gasteiger partial charge in [-0.2, -0.15) is 0 Å². The molecule has 4 nitrogen and oxygen atoms in total. The normalized spacial score (nSPS) is 17.3. The number of carbonyl (C=O) groups is 1. The fourth-order valence-corrected chi connectivity index (χ4v) is 4.26. The quantitative estimate of drug-likeness (QED) is 0.815. The maximum Gasteiger partial charge on any atom is 0.220 e. The highest BCUT2D eigenvalue weighted by molar-refractivity contribution is 5.76. The topological polar surface area (TPSA) is 47.6 Å². The van der Waals surface area contributed by atoms with E-state index in [1.54, 1.807) is 12.1 Å². The van der Waals surface area contributed by atoms with Gasteiger partial charge in [0.15, 0.2) is 11.5 Å². The van der Waals surface area contributed by atoms with Crippen molar-refractivity contribution in [3.8, 4) is 11.5 Å². The van der Waals surface area contributed by atoms with Gasteiger partial charge in [-0.3, -0.25) is 4.79 Å². The zero-order valence-corrected chi connectivity index (χ0v) is 16.0. The van der Waals surface area contributed by atoms with Crippen LogP contribution in [-0.2, 0) is 16.6 Å². The molecule has 4 rings (SSSR count). The van der Waals surface area contributed by atoms with Crippen molar-refractivity contribution >= 4 is 5.91 Å². The third-order valence-electron chi connectivity index (χ3n) is 5.89. The second-order valence-electron chi connectivity index (χ2n) is 7.75. The predicted octanol–water partition coefficient (Wildman–Crippen LogP) is 4.16. The molecule has 1 fully saturated rings. The highest BCUT2D eigenvalue weighted by Gasteiger charge is 2.36. The lowest BCUT2D eigenvalue weighted by Crippen LogP contribution is -2.39. The largest absolute Gasteiger partial charge is 0.486 e. The first-order chi connectivity index (χ1) is 13.6. The summed E-state index contributed by atoms with van der Waals surface area (Å²) in [6, 6.07) is 12.5. The summed E-state index contributed by atoms with van der Waals surface area (Å²) in [5, 5.41) is 3.14. The van der Waals surface area contributed by atoms with Crippen LogP contribution in [0.4, 0.5) is 4.39 Å². The number of halogens is 1. The number of nitrogens with one attached hydrogen (secondary N) is 1. The lowest BCUT2D eigenvalue weighted by atomic mass is 9.78. The van der Waals surface area contributed by atoms with Crippen molar-refractivity contribution in [1.29, 1.82) is 0 Å². The molecule has 1 aliphatic carbocycles. The average molecular weight is 383 g/mol. The monoisotopic (exact) mass is 383 g/mol. The molecule has 0 atom stereocenters. The van der Waals surface area contributed by atoms with Gasteiger partial charge in [-0.1, -0.05) is 31.0 Å². The van der Waals surface area contributed by atoms with Crippen molar-refractivity contribution in [1.82, 2.24) is 5.32 Å². The van der Waals surface area contributed by atoms with Gasteiger partial charge in [0, 0.05) is 18.4 Å². The molecule has 1 aliphatic heterocycles. The maximum absolute atomic E-state index is 13.0. The molecule has 0 aromatic heterocycles. The molecule has 1 saturated carbocycles. The van der Waals surface area contributed by atoms with Crippen LogP contribution in [0.2, 0.25) is 0 Å². The first kappa shape index (κ1) is 18.8. The minimum Gasteiger partial charge on any atom is -0.486 e. The Balaban J connectivity index is 1.39. The molecule has 5 heteroatoms. The first-order valence-electron chi connectivity index (χ1n) is 10.1. The Morgan fingerprint density at radius 1 is 1.00 bits per heavy atom. The zero-order valence-electron chi connectivity index (χ0n) is 16.0. The van der Waals surface area contributed by atoms with Crippen molar-refractivity contribution in [2.45, 2.75) is 43.9 Å². The van der Waals surface area contributed by atoms with E-state index in [-0.39, 0.29) is 17.1 Å². The molecule has 1 N–H and O–H groups in total. The van der Waals surface area contributed by atoms with Crippen LogP contribution in [0.3, 0.4) is 0 Å². The van der Waals surface area contributed by atoms with E-state index >= 15 is 0 Å². The summed E-state index contributed by atoms with van der Waals surface area (Å²) in [7, 11) is 0. The Morgan fingerprint density at radius 2 is 1.71 bits per heavy atom. The van der Waals surface area contributed by atoms with E-state index in [4.69, 9.17) is 9.47 Å². The van der Waals surface area contributed by atoms with E-state index in [0.29, 0.717) is 32.6 Å². The summed E-state index contributed by atoms with van der Waals surface area (Å²) in [6.07, 6.45) is 5.47. The van der Waals surface area contributed by atoms with Gasteiger partial charge < -0.3 is 14.8 Å². The van der Waals surface area contributed by atoms with Crippen LogP contribution in [0.15, 0.2) is 42.5 Å². The molecule has 0 spiro atoms. The molecule has 148 valence electrons. The molecule has 0 unspecified atom stereocenters. The lowest BCUT2D eigenvalue weighted by Gasteiger charge is -2.31. The summed E-state index contributed by atoms with van der Waals surface area (Å²) in [4.78, 5) is 12.4. The minimum absolute atomic E-state index is 0.0353. The zero-order chi connectivity index (χ0) is 19.4. The summed E-state index contributed by atoms with van der Waals surface area (Å²) < 4.78 is 24.4. The molecular weight excluding hydrogens is 357 g/mol. The standard InChI is InChI=1S/C23H26FNO3/c24-19-7-3-17(4-8-19)5-10-22(26)25-16-23(11-1-2-12-23)18-6-9-20-21(15-18)28-14-13-27-20/h3-4,6-9,15H,1-2,5,10-14,16H2,(H,25,26). The number of rotatable bonds is 6. The van der Waals surface area contributed by atoms with Crippen molar-refractivity contribution in [3.63, 3.8) is 0 Å². The van der Waals surface area contributed by atoms with Gasteiger partial charge in [-0.25, -0.2) is 4.39 Å². The first-order valence-corrected chi connectivity index (χ1v) is 10.1. The van der Waals surface area contributed by atoms with Gasteiger partial charge in [0.05, 0.1) is 0 Å². The molecule has 2 aromatic rings. The molecular formula is C23H26FNO3. The average Bonchev–Trinajstić information content (AvgIpc) is 3.22. The summed E-state index contributed by atoms with van der Waals surface area (Å²) in [6.45, 7) is 1.79. The molecule has 28 heavy (non-hydrogen) atoms. The van der Waals surface area contributed by atoms with E-state index < -0.39 is 0 Å². The lowest BCUT2D eigenvalue weighted by molar-refractivity contribution is -0.121. The van der Waals surface area contributed by atoms with Crippen LogP contribution in [0.25, 0.3) is 0 Å². The Hall–Kier alpha value is -2.56. The molecule has 1 heterocycles. The number of hydrogen-bond donors (Lipinski definition) is 1. The van der Waals surface area contributed by atoms with Crippen LogP contribution in [0.1, 0.15) is 43.2 Å². The number of ether oxygens (including phenoxy) is 2. The van der Waals surface area contributed by atoms with Crippen LogP contribution in [0, 0.1) is 5.82 Å². The number of benzene rings is 2. The van der Waals surface area contributed by atoms with Crippen molar-refractivity contribution < 1.29 is 18.7 Å². The number of carbonyl (C=O) groups excluding carboxylic acids is 1. The number of aryl methyl sites for hydroxylation is 1. The SMILES string of the molecule is O=C(CCc1ccc(F)cc1)NCC1(c2ccc3c(c2)OCCO3)CCCC1. The van der Waals surface area contributed by atoms with E-state index in [0.717, 1.165) is 29.9 Å². The Labute approximate surface area is 165 Å². The van der Waals surface area contributed by atoms with E-state index in [9.17, 15) is 9.18 Å². The smallest absolute Gasteiger partial charge is 0.220 e. The third kappa shape index (κ3) is 4.13. The molecule has 1 amide bonds. The second-order valence-corrected chi connectivity index (χ2v) is 7.75. The summed E-state index contributed by atoms with van der Waals surface area (Å²) in [5.74, 6) is 1.38. The Kier molecular flexibility index (Phi) is 5.51. The van der Waals surface area contributed by atoms with Crippen molar-refractivity contribution in [2.75, 3.05) is 19.8 Å². The van der Waals surface area contributed by atoms with Gasteiger partial charge in [-0.15, -0.1) is 0 Å². The number of amides is 1. The van der Waals surface area contributed by atoms with Crippen LogP contribution in [0.5, 0.6) is 11.5 Å². The van der Waals surface area contributed by atoms with Crippen molar-refractivity contribution in [3.05, 3.63) is 59.4 Å². The maximum atomic E-state index is 13.0. The molecule has 2 aliphatic rings. The fourth-order valence-electron chi connectivity index (χ4n) is 4.26. The van der Waals surface area contributed by atoms with Gasteiger partial charge in [-0.05, 0) is 54.7 Å². The van der Waals surface area contributed by atoms with E-state index in [1.807, 2.05) is 6.07 Å². The predicted molar refractivity (Wildman–Crippen MR) is 105 cm³/mol. The van der Waals surface area contributed by atoms with Gasteiger partial charge in [0.2, 0.25) is 5.91 Å². The van der Waals surface area contributed by atoms with Gasteiger partial charge >= 0.3 is 0 Å². The molecule has 0 saturated heterocycles. The van der Waals surface area contributed by atoms with Crippen LogP contribution in [-0.4, -0.2) is 25.7 Å². The highest BCUT2D eigenvalue weighted by Crippen LogP contribution is 2.43. The summed E-state index contributed by atoms with van der Waals surface area (Å²) >= 11 is 0. The Morgan fingerprint density at radius 3 is 2.46 bits per heavy atom. The molecule has 0 bridgehead atoms. The molecule has 2 aromatic carbocycles. The minimum atomic E-state index is -0.254. The van der Waals surface area contributed by atoms with E-state index in [2.05, 4.69) is 17.4 Å². The third-order valence-corrected chi connectivity index (χ3v) is 5.89. The van der Waals surface area contributed by atoms with Gasteiger partial charge in [0.1, 0.15) is 19.0 Å². The number of hydrogen-bond acceptors (Lipinski definition) is 3. The fraction of sp³-hybridized carbons (Fsp3) is 0.435.